The minimum absolute atomic E-state index is 0.161. The molecule has 0 aliphatic heterocycles. The molecule has 0 aromatic heterocycles. The summed E-state index contributed by atoms with van der Waals surface area (Å²) in [6.07, 6.45) is -4.42. The Kier molecular flexibility index (Phi) is 4.33. The lowest BCUT2D eigenvalue weighted by Crippen LogP contribution is -2.06. The van der Waals surface area contributed by atoms with E-state index in [9.17, 15) is 13.2 Å². The van der Waals surface area contributed by atoms with Gasteiger partial charge >= 0.3 is 6.18 Å². The van der Waals surface area contributed by atoms with E-state index in [1.54, 1.807) is 18.2 Å². The molecule has 2 nitrogen and oxygen atoms in total. The Morgan fingerprint density at radius 3 is 2.35 bits per heavy atom. The molecule has 0 amide bonds. The van der Waals surface area contributed by atoms with Crippen molar-refractivity contribution in [2.75, 3.05) is 11.1 Å². The smallest absolute Gasteiger partial charge is 0.397 e. The minimum atomic E-state index is -4.42. The number of benzene rings is 2. The average Bonchev–Trinajstić information content (AvgIpc) is 2.33. The number of hydrogen-bond donors (Lipinski definition) is 2. The van der Waals surface area contributed by atoms with Crippen molar-refractivity contribution in [2.45, 2.75) is 6.18 Å². The maximum Gasteiger partial charge on any atom is 0.416 e. The van der Waals surface area contributed by atoms with E-state index in [1.165, 1.54) is 6.07 Å². The zero-order valence-corrected chi connectivity index (χ0v) is 12.8. The first-order valence-corrected chi connectivity index (χ1v) is 6.92. The van der Waals surface area contributed by atoms with Gasteiger partial charge in [0.15, 0.2) is 0 Å². The number of nitrogen functional groups attached to an aromatic ring is 1. The lowest BCUT2D eigenvalue weighted by atomic mass is 10.2. The van der Waals surface area contributed by atoms with Crippen LogP contribution in [0.2, 0.25) is 5.02 Å². The molecule has 0 saturated carbocycles. The lowest BCUT2D eigenvalue weighted by Gasteiger charge is -2.14. The quantitative estimate of drug-likeness (QED) is 0.520. The van der Waals surface area contributed by atoms with E-state index in [0.717, 1.165) is 15.7 Å². The summed E-state index contributed by atoms with van der Waals surface area (Å²) < 4.78 is 39.0. The summed E-state index contributed by atoms with van der Waals surface area (Å²) in [6, 6.07) is 8.29. The molecule has 7 heteroatoms. The molecule has 2 rings (SSSR count). The van der Waals surface area contributed by atoms with Gasteiger partial charge in [-0.05, 0) is 59.0 Å². The van der Waals surface area contributed by atoms with Crippen molar-refractivity contribution >= 4 is 51.3 Å². The van der Waals surface area contributed by atoms with Crippen molar-refractivity contribution in [2.24, 2.45) is 0 Å². The molecular formula is C13H9ClF3IN2. The Balaban J connectivity index is 2.38. The van der Waals surface area contributed by atoms with Crippen LogP contribution in [-0.4, -0.2) is 0 Å². The lowest BCUT2D eigenvalue weighted by molar-refractivity contribution is -0.137. The zero-order chi connectivity index (χ0) is 14.9. The third kappa shape index (κ3) is 3.49. The number of nitrogens with one attached hydrogen (secondary N) is 1. The average molecular weight is 413 g/mol. The largest absolute Gasteiger partial charge is 0.416 e. The highest BCUT2D eigenvalue weighted by Crippen LogP contribution is 2.35. The van der Waals surface area contributed by atoms with E-state index in [2.05, 4.69) is 27.9 Å². The van der Waals surface area contributed by atoms with E-state index in [4.69, 9.17) is 17.3 Å². The van der Waals surface area contributed by atoms with E-state index in [0.29, 0.717) is 11.4 Å². The Hall–Kier alpha value is -1.15. The summed E-state index contributed by atoms with van der Waals surface area (Å²) in [5, 5.41) is 3.01. The maximum absolute atomic E-state index is 12.7. The van der Waals surface area contributed by atoms with Crippen molar-refractivity contribution in [3.05, 3.63) is 50.6 Å². The monoisotopic (exact) mass is 412 g/mol. The molecular weight excluding hydrogens is 404 g/mol. The van der Waals surface area contributed by atoms with Crippen molar-refractivity contribution in [1.29, 1.82) is 0 Å². The summed E-state index contributed by atoms with van der Waals surface area (Å²) in [7, 11) is 0. The van der Waals surface area contributed by atoms with Crippen LogP contribution in [0.4, 0.5) is 30.2 Å². The molecule has 0 aliphatic rings. The SMILES string of the molecule is Nc1cc(I)ccc1Nc1cc(C(F)(F)F)ccc1Cl. The van der Waals surface area contributed by atoms with Gasteiger partial charge in [-0.25, -0.2) is 0 Å². The van der Waals surface area contributed by atoms with Gasteiger partial charge in [-0.15, -0.1) is 0 Å². The summed E-state index contributed by atoms with van der Waals surface area (Å²) >= 11 is 8.00. The van der Waals surface area contributed by atoms with E-state index in [-0.39, 0.29) is 10.7 Å². The fourth-order valence-corrected chi connectivity index (χ4v) is 2.27. The second-order valence-corrected chi connectivity index (χ2v) is 5.70. The van der Waals surface area contributed by atoms with Gasteiger partial charge in [0.05, 0.1) is 27.6 Å². The topological polar surface area (TPSA) is 38.0 Å². The van der Waals surface area contributed by atoms with Gasteiger partial charge < -0.3 is 11.1 Å². The van der Waals surface area contributed by atoms with Crippen LogP contribution >= 0.6 is 34.2 Å². The molecule has 0 saturated heterocycles. The number of rotatable bonds is 2. The highest BCUT2D eigenvalue weighted by Gasteiger charge is 2.31. The molecule has 3 N–H and O–H groups in total. The van der Waals surface area contributed by atoms with Crippen LogP contribution < -0.4 is 11.1 Å². The minimum Gasteiger partial charge on any atom is -0.397 e. The van der Waals surface area contributed by atoms with E-state index in [1.807, 2.05) is 0 Å². The molecule has 0 heterocycles. The highest BCUT2D eigenvalue weighted by atomic mass is 127. The van der Waals surface area contributed by atoms with Crippen molar-refractivity contribution in [3.63, 3.8) is 0 Å². The maximum atomic E-state index is 12.7. The summed E-state index contributed by atoms with van der Waals surface area (Å²) in [4.78, 5) is 0. The molecule has 20 heavy (non-hydrogen) atoms. The molecule has 2 aromatic carbocycles. The fraction of sp³-hybridized carbons (Fsp3) is 0.0769. The standard InChI is InChI=1S/C13H9ClF3IN2/c14-9-3-1-7(13(15,16)17)5-12(9)20-11-4-2-8(18)6-10(11)19/h1-6,20H,19H2. The second-order valence-electron chi connectivity index (χ2n) is 4.05. The Morgan fingerprint density at radius 2 is 1.75 bits per heavy atom. The van der Waals surface area contributed by atoms with Gasteiger partial charge in [0.1, 0.15) is 0 Å². The van der Waals surface area contributed by atoms with Crippen LogP contribution in [0, 0.1) is 3.57 Å². The van der Waals surface area contributed by atoms with Crippen LogP contribution in [0.3, 0.4) is 0 Å². The van der Waals surface area contributed by atoms with Crippen molar-refractivity contribution < 1.29 is 13.2 Å². The molecule has 0 fully saturated rings. The number of halogens is 5. The van der Waals surface area contributed by atoms with E-state index < -0.39 is 11.7 Å². The van der Waals surface area contributed by atoms with Gasteiger partial charge in [-0.3, -0.25) is 0 Å². The van der Waals surface area contributed by atoms with Crippen LogP contribution in [0.15, 0.2) is 36.4 Å². The van der Waals surface area contributed by atoms with E-state index >= 15 is 0 Å². The fourth-order valence-electron chi connectivity index (χ4n) is 1.59. The van der Waals surface area contributed by atoms with Gasteiger partial charge in [0.25, 0.3) is 0 Å². The first kappa shape index (κ1) is 15.2. The first-order valence-electron chi connectivity index (χ1n) is 5.46. The molecule has 2 aromatic rings. The van der Waals surface area contributed by atoms with Gasteiger partial charge in [0.2, 0.25) is 0 Å². The second kappa shape index (κ2) is 5.69. The number of hydrogen-bond acceptors (Lipinski definition) is 2. The van der Waals surface area contributed by atoms with Gasteiger partial charge in [0, 0.05) is 3.57 Å². The predicted molar refractivity (Wildman–Crippen MR) is 83.3 cm³/mol. The van der Waals surface area contributed by atoms with Crippen molar-refractivity contribution in [1.82, 2.24) is 0 Å². The number of nitrogens with two attached hydrogens (primary N) is 1. The molecule has 0 bridgehead atoms. The van der Waals surface area contributed by atoms with Crippen LogP contribution in [0.25, 0.3) is 0 Å². The Labute approximate surface area is 132 Å². The Bertz CT molecular complexity index is 644. The normalized spacial score (nSPS) is 11.4. The first-order chi connectivity index (χ1) is 9.27. The van der Waals surface area contributed by atoms with Crippen LogP contribution in [0.5, 0.6) is 0 Å². The molecule has 0 atom stereocenters. The molecule has 0 spiro atoms. The predicted octanol–water partition coefficient (Wildman–Crippen LogP) is 5.29. The van der Waals surface area contributed by atoms with Gasteiger partial charge in [-0.2, -0.15) is 13.2 Å². The molecule has 0 radical (unpaired) electrons. The van der Waals surface area contributed by atoms with Gasteiger partial charge in [-0.1, -0.05) is 11.6 Å². The number of anilines is 3. The summed E-state index contributed by atoms with van der Waals surface area (Å²) in [5.41, 5.74) is 6.14. The molecule has 106 valence electrons. The zero-order valence-electron chi connectivity index (χ0n) is 9.93. The summed E-state index contributed by atoms with van der Waals surface area (Å²) in [6.45, 7) is 0. The summed E-state index contributed by atoms with van der Waals surface area (Å²) in [5.74, 6) is 0. The molecule has 0 aliphatic carbocycles. The van der Waals surface area contributed by atoms with Crippen molar-refractivity contribution in [3.8, 4) is 0 Å². The highest BCUT2D eigenvalue weighted by molar-refractivity contribution is 14.1. The van der Waals surface area contributed by atoms with Crippen LogP contribution in [-0.2, 0) is 6.18 Å². The Morgan fingerprint density at radius 1 is 1.05 bits per heavy atom. The third-order valence-corrected chi connectivity index (χ3v) is 3.58. The third-order valence-electron chi connectivity index (χ3n) is 2.58. The number of alkyl halides is 3. The molecule has 0 unspecified atom stereocenters. The van der Waals surface area contributed by atoms with Crippen LogP contribution in [0.1, 0.15) is 5.56 Å².